The van der Waals surface area contributed by atoms with Gasteiger partial charge in [-0.15, -0.1) is 0 Å². The molecular formula is C15H28N2O2. The molecule has 4 nitrogen and oxygen atoms in total. The Hall–Kier alpha value is -0.610. The Morgan fingerprint density at radius 1 is 1.32 bits per heavy atom. The van der Waals surface area contributed by atoms with Gasteiger partial charge >= 0.3 is 0 Å². The minimum Gasteiger partial charge on any atom is -0.396 e. The summed E-state index contributed by atoms with van der Waals surface area (Å²) in [6, 6.07) is 0.260. The first-order valence-electron chi connectivity index (χ1n) is 7.80. The van der Waals surface area contributed by atoms with E-state index in [4.69, 9.17) is 10.8 Å². The number of aliphatic hydroxyl groups excluding tert-OH is 1. The van der Waals surface area contributed by atoms with Crippen LogP contribution in [0.15, 0.2) is 0 Å². The van der Waals surface area contributed by atoms with Crippen LogP contribution < -0.4 is 5.73 Å². The molecule has 0 bridgehead atoms. The Kier molecular flexibility index (Phi) is 5.22. The average Bonchev–Trinajstić information content (AvgIpc) is 2.42. The summed E-state index contributed by atoms with van der Waals surface area (Å²) < 4.78 is 0. The zero-order chi connectivity index (χ0) is 13.8. The number of piperidine rings is 1. The third kappa shape index (κ3) is 3.48. The Labute approximate surface area is 116 Å². The Morgan fingerprint density at radius 3 is 2.84 bits per heavy atom. The second-order valence-electron chi connectivity index (χ2n) is 6.38. The summed E-state index contributed by atoms with van der Waals surface area (Å²) >= 11 is 0. The first-order valence-corrected chi connectivity index (χ1v) is 7.80. The zero-order valence-electron chi connectivity index (χ0n) is 12.1. The van der Waals surface area contributed by atoms with E-state index in [2.05, 4.69) is 6.92 Å². The van der Waals surface area contributed by atoms with Gasteiger partial charge in [-0.25, -0.2) is 0 Å². The molecule has 4 heteroatoms. The van der Waals surface area contributed by atoms with Crippen LogP contribution in [0.25, 0.3) is 0 Å². The smallest absolute Gasteiger partial charge is 0.227 e. The quantitative estimate of drug-likeness (QED) is 0.815. The van der Waals surface area contributed by atoms with Crippen molar-refractivity contribution >= 4 is 5.91 Å². The number of likely N-dealkylation sites (tertiary alicyclic amines) is 1. The van der Waals surface area contributed by atoms with Crippen LogP contribution in [-0.4, -0.2) is 41.1 Å². The molecule has 0 aromatic carbocycles. The first kappa shape index (κ1) is 14.8. The minimum atomic E-state index is 0.00282. The Balaban J connectivity index is 2.03. The van der Waals surface area contributed by atoms with E-state index < -0.39 is 0 Å². The third-order valence-corrected chi connectivity index (χ3v) is 4.86. The lowest BCUT2D eigenvalue weighted by atomic mass is 9.78. The van der Waals surface area contributed by atoms with Crippen LogP contribution in [0.5, 0.6) is 0 Å². The van der Waals surface area contributed by atoms with Gasteiger partial charge in [0.25, 0.3) is 0 Å². The SMILES string of the molecule is CC1CCC(N)C(C(=O)N2CCCCC2CCO)C1. The highest BCUT2D eigenvalue weighted by atomic mass is 16.3. The highest BCUT2D eigenvalue weighted by Gasteiger charge is 2.37. The van der Waals surface area contributed by atoms with Crippen molar-refractivity contribution < 1.29 is 9.90 Å². The standard InChI is InChI=1S/C15H28N2O2/c1-11-5-6-14(16)13(10-11)15(19)17-8-3-2-4-12(17)7-9-18/h11-14,18H,2-10,16H2,1H3. The number of amides is 1. The molecule has 110 valence electrons. The molecular weight excluding hydrogens is 240 g/mol. The van der Waals surface area contributed by atoms with Gasteiger partial charge in [0.15, 0.2) is 0 Å². The van der Waals surface area contributed by atoms with E-state index in [0.717, 1.165) is 38.6 Å². The largest absolute Gasteiger partial charge is 0.396 e. The number of hydrogen-bond donors (Lipinski definition) is 2. The van der Waals surface area contributed by atoms with Crippen molar-refractivity contribution in [2.24, 2.45) is 17.6 Å². The van der Waals surface area contributed by atoms with Crippen molar-refractivity contribution in [2.75, 3.05) is 13.2 Å². The lowest BCUT2D eigenvalue weighted by Gasteiger charge is -2.41. The predicted octanol–water partition coefficient (Wildman–Crippen LogP) is 1.51. The van der Waals surface area contributed by atoms with E-state index in [1.807, 2.05) is 4.90 Å². The third-order valence-electron chi connectivity index (χ3n) is 4.86. The molecule has 1 amide bonds. The van der Waals surface area contributed by atoms with E-state index in [-0.39, 0.29) is 30.5 Å². The molecule has 1 aliphatic heterocycles. The molecule has 2 rings (SSSR count). The molecule has 1 saturated heterocycles. The number of hydrogen-bond acceptors (Lipinski definition) is 3. The summed E-state index contributed by atoms with van der Waals surface area (Å²) in [6.07, 6.45) is 7.04. The molecule has 4 atom stereocenters. The summed E-state index contributed by atoms with van der Waals surface area (Å²) in [7, 11) is 0. The van der Waals surface area contributed by atoms with E-state index in [1.54, 1.807) is 0 Å². The number of carbonyl (C=O) groups is 1. The summed E-state index contributed by atoms with van der Waals surface area (Å²) in [5, 5.41) is 9.16. The highest BCUT2D eigenvalue weighted by molar-refractivity contribution is 5.80. The van der Waals surface area contributed by atoms with Crippen molar-refractivity contribution in [3.63, 3.8) is 0 Å². The van der Waals surface area contributed by atoms with Gasteiger partial charge in [0.2, 0.25) is 5.91 Å². The van der Waals surface area contributed by atoms with E-state index in [9.17, 15) is 4.79 Å². The fourth-order valence-corrected chi connectivity index (χ4v) is 3.64. The molecule has 2 aliphatic rings. The maximum atomic E-state index is 12.8. The van der Waals surface area contributed by atoms with E-state index in [0.29, 0.717) is 12.3 Å². The molecule has 0 aromatic heterocycles. The van der Waals surface area contributed by atoms with Gasteiger partial charge in [-0.05, 0) is 50.9 Å². The van der Waals surface area contributed by atoms with Crippen LogP contribution in [0.2, 0.25) is 0 Å². The Morgan fingerprint density at radius 2 is 2.11 bits per heavy atom. The summed E-state index contributed by atoms with van der Waals surface area (Å²) in [4.78, 5) is 14.8. The van der Waals surface area contributed by atoms with Crippen molar-refractivity contribution in [3.05, 3.63) is 0 Å². The average molecular weight is 268 g/mol. The fourth-order valence-electron chi connectivity index (χ4n) is 3.64. The van der Waals surface area contributed by atoms with Gasteiger partial charge in [-0.3, -0.25) is 4.79 Å². The van der Waals surface area contributed by atoms with Crippen LogP contribution in [-0.2, 0) is 4.79 Å². The lowest BCUT2D eigenvalue weighted by Crippen LogP contribution is -2.52. The number of nitrogens with two attached hydrogens (primary N) is 1. The second-order valence-corrected chi connectivity index (χ2v) is 6.38. The minimum absolute atomic E-state index is 0.00282. The van der Waals surface area contributed by atoms with Crippen LogP contribution in [0, 0.1) is 11.8 Å². The van der Waals surface area contributed by atoms with Gasteiger partial charge < -0.3 is 15.7 Å². The summed E-state index contributed by atoms with van der Waals surface area (Å²) in [6.45, 7) is 3.23. The molecule has 0 spiro atoms. The van der Waals surface area contributed by atoms with Crippen molar-refractivity contribution in [3.8, 4) is 0 Å². The topological polar surface area (TPSA) is 66.6 Å². The molecule has 3 N–H and O–H groups in total. The maximum absolute atomic E-state index is 12.8. The number of carbonyl (C=O) groups excluding carboxylic acids is 1. The zero-order valence-corrected chi connectivity index (χ0v) is 12.1. The van der Waals surface area contributed by atoms with E-state index in [1.165, 1.54) is 6.42 Å². The molecule has 4 unspecified atom stereocenters. The summed E-state index contributed by atoms with van der Waals surface area (Å²) in [5.41, 5.74) is 6.17. The van der Waals surface area contributed by atoms with Crippen LogP contribution in [0.4, 0.5) is 0 Å². The summed E-state index contributed by atoms with van der Waals surface area (Å²) in [5.74, 6) is 0.857. The number of rotatable bonds is 3. The van der Waals surface area contributed by atoms with Crippen LogP contribution in [0.3, 0.4) is 0 Å². The Bertz CT molecular complexity index is 307. The normalized spacial score (nSPS) is 36.3. The molecule has 1 saturated carbocycles. The fraction of sp³-hybridized carbons (Fsp3) is 0.933. The van der Waals surface area contributed by atoms with Gasteiger partial charge in [0, 0.05) is 25.2 Å². The molecule has 1 heterocycles. The number of nitrogens with zero attached hydrogens (tertiary/aromatic N) is 1. The highest BCUT2D eigenvalue weighted by Crippen LogP contribution is 2.31. The van der Waals surface area contributed by atoms with Gasteiger partial charge in [0.05, 0.1) is 5.92 Å². The first-order chi connectivity index (χ1) is 9.13. The molecule has 1 aliphatic carbocycles. The molecule has 19 heavy (non-hydrogen) atoms. The van der Waals surface area contributed by atoms with Crippen molar-refractivity contribution in [1.82, 2.24) is 4.90 Å². The number of aliphatic hydroxyl groups is 1. The lowest BCUT2D eigenvalue weighted by molar-refractivity contribution is -0.141. The molecule has 0 radical (unpaired) electrons. The van der Waals surface area contributed by atoms with E-state index >= 15 is 0 Å². The van der Waals surface area contributed by atoms with Crippen molar-refractivity contribution in [2.45, 2.75) is 64.0 Å². The maximum Gasteiger partial charge on any atom is 0.227 e. The van der Waals surface area contributed by atoms with Gasteiger partial charge in [-0.2, -0.15) is 0 Å². The van der Waals surface area contributed by atoms with Crippen LogP contribution in [0.1, 0.15) is 51.9 Å². The second kappa shape index (κ2) is 6.71. The van der Waals surface area contributed by atoms with Crippen molar-refractivity contribution in [1.29, 1.82) is 0 Å². The molecule has 0 aromatic rings. The van der Waals surface area contributed by atoms with Gasteiger partial charge in [-0.1, -0.05) is 6.92 Å². The predicted molar refractivity (Wildman–Crippen MR) is 75.5 cm³/mol. The molecule has 2 fully saturated rings. The monoisotopic (exact) mass is 268 g/mol. The van der Waals surface area contributed by atoms with Gasteiger partial charge in [0.1, 0.15) is 0 Å². The van der Waals surface area contributed by atoms with Crippen LogP contribution >= 0.6 is 0 Å².